The molecule has 1 saturated heterocycles. The van der Waals surface area contributed by atoms with E-state index in [0.29, 0.717) is 12.0 Å². The average Bonchev–Trinajstić information content (AvgIpc) is 2.52. The molecule has 1 fully saturated rings. The van der Waals surface area contributed by atoms with Crippen LogP contribution in [-0.2, 0) is 4.74 Å². The van der Waals surface area contributed by atoms with E-state index in [0.717, 1.165) is 51.4 Å². The summed E-state index contributed by atoms with van der Waals surface area (Å²) in [7, 11) is 0. The van der Waals surface area contributed by atoms with Crippen molar-refractivity contribution in [3.8, 4) is 5.75 Å². The van der Waals surface area contributed by atoms with E-state index >= 15 is 0 Å². The summed E-state index contributed by atoms with van der Waals surface area (Å²) in [5, 5.41) is 3.55. The van der Waals surface area contributed by atoms with E-state index in [1.807, 2.05) is 0 Å². The normalized spacial score (nSPS) is 17.7. The number of ether oxygens (including phenoxy) is 2. The lowest BCUT2D eigenvalue weighted by molar-refractivity contribution is 0.0495. The molecule has 118 valence electrons. The van der Waals surface area contributed by atoms with Gasteiger partial charge in [-0.3, -0.25) is 0 Å². The molecule has 21 heavy (non-hydrogen) atoms. The molecule has 3 heteroatoms. The molecule has 0 spiro atoms. The van der Waals surface area contributed by atoms with Crippen LogP contribution in [0.5, 0.6) is 5.75 Å². The van der Waals surface area contributed by atoms with Gasteiger partial charge >= 0.3 is 0 Å². The molecular formula is C18H29NO2. The number of aryl methyl sites for hydroxylation is 1. The maximum Gasteiger partial charge on any atom is 0.124 e. The van der Waals surface area contributed by atoms with Gasteiger partial charge in [-0.15, -0.1) is 0 Å². The topological polar surface area (TPSA) is 30.5 Å². The van der Waals surface area contributed by atoms with Gasteiger partial charge in [0.2, 0.25) is 0 Å². The molecule has 1 aromatic rings. The fourth-order valence-corrected chi connectivity index (χ4v) is 2.73. The number of hydrogen-bond donors (Lipinski definition) is 1. The summed E-state index contributed by atoms with van der Waals surface area (Å²) in [6.07, 6.45) is 3.38. The maximum atomic E-state index is 6.14. The van der Waals surface area contributed by atoms with Crippen LogP contribution in [0.4, 0.5) is 0 Å². The zero-order chi connectivity index (χ0) is 15.1. The Labute approximate surface area is 129 Å². The van der Waals surface area contributed by atoms with Crippen LogP contribution in [0.2, 0.25) is 0 Å². The molecule has 1 atom stereocenters. The highest BCUT2D eigenvalue weighted by atomic mass is 16.5. The molecule has 2 rings (SSSR count). The predicted molar refractivity (Wildman–Crippen MR) is 86.9 cm³/mol. The Kier molecular flexibility index (Phi) is 6.52. The van der Waals surface area contributed by atoms with Crippen LogP contribution in [-0.4, -0.2) is 26.4 Å². The first-order valence-corrected chi connectivity index (χ1v) is 8.25. The molecular weight excluding hydrogens is 262 g/mol. The molecule has 1 aliphatic rings. The molecule has 1 unspecified atom stereocenters. The minimum absolute atomic E-state index is 0.328. The molecule has 0 aromatic heterocycles. The third-order valence-electron chi connectivity index (χ3n) is 4.15. The zero-order valence-corrected chi connectivity index (χ0v) is 13.7. The van der Waals surface area contributed by atoms with Crippen molar-refractivity contribution in [1.82, 2.24) is 5.32 Å². The van der Waals surface area contributed by atoms with E-state index in [2.05, 4.69) is 44.3 Å². The molecule has 1 aliphatic heterocycles. The minimum Gasteiger partial charge on any atom is -0.493 e. The summed E-state index contributed by atoms with van der Waals surface area (Å²) in [5.74, 6) is 1.66. The van der Waals surface area contributed by atoms with Crippen molar-refractivity contribution in [3.05, 3.63) is 29.3 Å². The Morgan fingerprint density at radius 3 is 2.81 bits per heavy atom. The standard InChI is InChI=1S/C18H29NO2/c1-4-9-19-15(3)17-12-14(2)5-6-18(17)21-13-16-7-10-20-11-8-16/h5-6,12,15-16,19H,4,7-11,13H2,1-3H3. The van der Waals surface area contributed by atoms with E-state index in [-0.39, 0.29) is 0 Å². The SMILES string of the molecule is CCCNC(C)c1cc(C)ccc1OCC1CCOCC1. The Balaban J connectivity index is 1.99. The zero-order valence-electron chi connectivity index (χ0n) is 13.7. The molecule has 1 heterocycles. The van der Waals surface area contributed by atoms with Crippen molar-refractivity contribution in [3.63, 3.8) is 0 Å². The maximum absolute atomic E-state index is 6.14. The van der Waals surface area contributed by atoms with Crippen molar-refractivity contribution in [2.45, 2.75) is 46.1 Å². The fourth-order valence-electron chi connectivity index (χ4n) is 2.73. The largest absolute Gasteiger partial charge is 0.493 e. The van der Waals surface area contributed by atoms with E-state index in [9.17, 15) is 0 Å². The number of hydrogen-bond acceptors (Lipinski definition) is 3. The van der Waals surface area contributed by atoms with Crippen LogP contribution in [0, 0.1) is 12.8 Å². The van der Waals surface area contributed by atoms with E-state index in [4.69, 9.17) is 9.47 Å². The third-order valence-corrected chi connectivity index (χ3v) is 4.15. The lowest BCUT2D eigenvalue weighted by Gasteiger charge is -2.24. The Bertz CT molecular complexity index is 427. The van der Waals surface area contributed by atoms with Gasteiger partial charge < -0.3 is 14.8 Å². The number of benzene rings is 1. The van der Waals surface area contributed by atoms with E-state index in [1.165, 1.54) is 11.1 Å². The van der Waals surface area contributed by atoms with Crippen molar-refractivity contribution in [1.29, 1.82) is 0 Å². The van der Waals surface area contributed by atoms with E-state index in [1.54, 1.807) is 0 Å². The molecule has 3 nitrogen and oxygen atoms in total. The third kappa shape index (κ3) is 5.01. The molecule has 1 aromatic carbocycles. The smallest absolute Gasteiger partial charge is 0.124 e. The monoisotopic (exact) mass is 291 g/mol. The highest BCUT2D eigenvalue weighted by Crippen LogP contribution is 2.27. The van der Waals surface area contributed by atoms with Gasteiger partial charge in [-0.05, 0) is 51.6 Å². The highest BCUT2D eigenvalue weighted by molar-refractivity contribution is 5.39. The summed E-state index contributed by atoms with van der Waals surface area (Å²) in [4.78, 5) is 0. The van der Waals surface area contributed by atoms with E-state index < -0.39 is 0 Å². The van der Waals surface area contributed by atoms with Gasteiger partial charge in [-0.1, -0.05) is 24.6 Å². The molecule has 0 saturated carbocycles. The second-order valence-corrected chi connectivity index (χ2v) is 6.08. The van der Waals surface area contributed by atoms with Gasteiger partial charge in [0.25, 0.3) is 0 Å². The second kappa shape index (κ2) is 8.40. The van der Waals surface area contributed by atoms with Gasteiger partial charge in [-0.2, -0.15) is 0 Å². The Morgan fingerprint density at radius 1 is 1.33 bits per heavy atom. The molecule has 0 radical (unpaired) electrons. The van der Waals surface area contributed by atoms with Crippen LogP contribution < -0.4 is 10.1 Å². The van der Waals surface area contributed by atoms with Crippen molar-refractivity contribution >= 4 is 0 Å². The van der Waals surface area contributed by atoms with Crippen molar-refractivity contribution in [2.24, 2.45) is 5.92 Å². The number of nitrogens with one attached hydrogen (secondary N) is 1. The Morgan fingerprint density at radius 2 is 2.10 bits per heavy atom. The fraction of sp³-hybridized carbons (Fsp3) is 0.667. The van der Waals surface area contributed by atoms with Crippen LogP contribution in [0.15, 0.2) is 18.2 Å². The molecule has 0 bridgehead atoms. The average molecular weight is 291 g/mol. The minimum atomic E-state index is 0.328. The summed E-state index contributed by atoms with van der Waals surface area (Å²) >= 11 is 0. The lowest BCUT2D eigenvalue weighted by Crippen LogP contribution is -2.23. The quantitative estimate of drug-likeness (QED) is 0.827. The van der Waals surface area contributed by atoms with Crippen molar-refractivity contribution in [2.75, 3.05) is 26.4 Å². The highest BCUT2D eigenvalue weighted by Gasteiger charge is 2.16. The Hall–Kier alpha value is -1.06. The summed E-state index contributed by atoms with van der Waals surface area (Å²) < 4.78 is 11.5. The van der Waals surface area contributed by atoms with Crippen LogP contribution in [0.1, 0.15) is 50.3 Å². The van der Waals surface area contributed by atoms with Crippen LogP contribution in [0.3, 0.4) is 0 Å². The van der Waals surface area contributed by atoms with Gasteiger partial charge in [0, 0.05) is 24.8 Å². The summed E-state index contributed by atoms with van der Waals surface area (Å²) in [5.41, 5.74) is 2.56. The van der Waals surface area contributed by atoms with Crippen LogP contribution in [0.25, 0.3) is 0 Å². The van der Waals surface area contributed by atoms with Crippen LogP contribution >= 0.6 is 0 Å². The summed E-state index contributed by atoms with van der Waals surface area (Å²) in [6.45, 7) is 10.1. The first kappa shape index (κ1) is 16.3. The number of rotatable bonds is 7. The first-order chi connectivity index (χ1) is 10.2. The van der Waals surface area contributed by atoms with Gasteiger partial charge in [0.05, 0.1) is 6.61 Å². The van der Waals surface area contributed by atoms with Gasteiger partial charge in [0.1, 0.15) is 5.75 Å². The molecule has 1 N–H and O–H groups in total. The second-order valence-electron chi connectivity index (χ2n) is 6.08. The lowest BCUT2D eigenvalue weighted by atomic mass is 10.0. The van der Waals surface area contributed by atoms with Gasteiger partial charge in [-0.25, -0.2) is 0 Å². The summed E-state index contributed by atoms with van der Waals surface area (Å²) in [6, 6.07) is 6.82. The van der Waals surface area contributed by atoms with Gasteiger partial charge in [0.15, 0.2) is 0 Å². The first-order valence-electron chi connectivity index (χ1n) is 8.25. The molecule has 0 amide bonds. The molecule has 0 aliphatic carbocycles. The van der Waals surface area contributed by atoms with Crippen molar-refractivity contribution < 1.29 is 9.47 Å². The predicted octanol–water partition coefficient (Wildman–Crippen LogP) is 3.86.